The smallest absolute Gasteiger partial charge is 0.317 e. The number of carboxylic acid groups (broad SMARTS) is 1. The summed E-state index contributed by atoms with van der Waals surface area (Å²) in [6, 6.07) is 15.2. The molecule has 0 aliphatic carbocycles. The van der Waals surface area contributed by atoms with Gasteiger partial charge in [-0.25, -0.2) is 0 Å². The molecule has 1 atom stereocenters. The van der Waals surface area contributed by atoms with Crippen molar-refractivity contribution >= 4 is 29.3 Å². The SMILES string of the molecule is Cc1cc(Cl)ccc1CC(Sc1ccccc1)C(=O)O. The Labute approximate surface area is 127 Å². The Balaban J connectivity index is 2.15. The van der Waals surface area contributed by atoms with Crippen molar-refractivity contribution in [2.75, 3.05) is 0 Å². The lowest BCUT2D eigenvalue weighted by Gasteiger charge is -2.14. The molecule has 0 aliphatic rings. The van der Waals surface area contributed by atoms with Gasteiger partial charge in [-0.3, -0.25) is 4.79 Å². The third-order valence-electron chi connectivity index (χ3n) is 3.01. The van der Waals surface area contributed by atoms with Crippen LogP contribution < -0.4 is 0 Å². The van der Waals surface area contributed by atoms with Crippen LogP contribution in [-0.2, 0) is 11.2 Å². The molecule has 2 aromatic carbocycles. The van der Waals surface area contributed by atoms with Crippen molar-refractivity contribution in [1.82, 2.24) is 0 Å². The molecule has 0 fully saturated rings. The molecular formula is C16H15ClO2S. The van der Waals surface area contributed by atoms with Crippen LogP contribution in [0.25, 0.3) is 0 Å². The van der Waals surface area contributed by atoms with E-state index in [9.17, 15) is 9.90 Å². The molecule has 0 radical (unpaired) electrons. The van der Waals surface area contributed by atoms with Crippen LogP contribution in [0, 0.1) is 6.92 Å². The van der Waals surface area contributed by atoms with Gasteiger partial charge in [-0.2, -0.15) is 0 Å². The summed E-state index contributed by atoms with van der Waals surface area (Å²) >= 11 is 7.30. The van der Waals surface area contributed by atoms with Crippen molar-refractivity contribution in [3.8, 4) is 0 Å². The van der Waals surface area contributed by atoms with Crippen molar-refractivity contribution < 1.29 is 9.90 Å². The van der Waals surface area contributed by atoms with Gasteiger partial charge in [0, 0.05) is 9.92 Å². The van der Waals surface area contributed by atoms with Crippen molar-refractivity contribution in [1.29, 1.82) is 0 Å². The molecule has 104 valence electrons. The number of halogens is 1. The molecule has 0 saturated heterocycles. The maximum atomic E-state index is 11.4. The molecule has 0 bridgehead atoms. The number of hydrogen-bond donors (Lipinski definition) is 1. The first kappa shape index (κ1) is 14.9. The number of rotatable bonds is 5. The number of hydrogen-bond acceptors (Lipinski definition) is 2. The summed E-state index contributed by atoms with van der Waals surface area (Å²) in [5, 5.41) is 9.57. The van der Waals surface area contributed by atoms with E-state index in [1.165, 1.54) is 11.8 Å². The normalized spacial score (nSPS) is 12.1. The zero-order chi connectivity index (χ0) is 14.5. The first-order valence-electron chi connectivity index (χ1n) is 6.26. The van der Waals surface area contributed by atoms with Gasteiger partial charge in [0.1, 0.15) is 5.25 Å². The van der Waals surface area contributed by atoms with E-state index in [4.69, 9.17) is 11.6 Å². The Bertz CT molecular complexity index is 599. The summed E-state index contributed by atoms with van der Waals surface area (Å²) in [6.45, 7) is 1.95. The Morgan fingerprint density at radius 2 is 1.95 bits per heavy atom. The summed E-state index contributed by atoms with van der Waals surface area (Å²) in [7, 11) is 0. The summed E-state index contributed by atoms with van der Waals surface area (Å²) in [5.74, 6) is -0.798. The molecule has 2 aromatic rings. The van der Waals surface area contributed by atoms with Gasteiger partial charge in [0.15, 0.2) is 0 Å². The van der Waals surface area contributed by atoms with Crippen LogP contribution in [0.15, 0.2) is 53.4 Å². The maximum Gasteiger partial charge on any atom is 0.317 e. The van der Waals surface area contributed by atoms with Gasteiger partial charge in [-0.05, 0) is 48.7 Å². The topological polar surface area (TPSA) is 37.3 Å². The van der Waals surface area contributed by atoms with Crippen LogP contribution in [-0.4, -0.2) is 16.3 Å². The third kappa shape index (κ3) is 4.02. The number of carbonyl (C=O) groups is 1. The van der Waals surface area contributed by atoms with Gasteiger partial charge in [0.05, 0.1) is 0 Å². The van der Waals surface area contributed by atoms with Crippen LogP contribution in [0.5, 0.6) is 0 Å². The highest BCUT2D eigenvalue weighted by atomic mass is 35.5. The summed E-state index contributed by atoms with van der Waals surface area (Å²) < 4.78 is 0. The Morgan fingerprint density at radius 3 is 2.55 bits per heavy atom. The van der Waals surface area contributed by atoms with Gasteiger partial charge in [-0.15, -0.1) is 11.8 Å². The molecule has 0 aliphatic heterocycles. The molecule has 0 spiro atoms. The van der Waals surface area contributed by atoms with Gasteiger partial charge in [0.25, 0.3) is 0 Å². The Morgan fingerprint density at radius 1 is 1.25 bits per heavy atom. The second-order valence-electron chi connectivity index (χ2n) is 4.53. The van der Waals surface area contributed by atoms with Crippen molar-refractivity contribution in [2.45, 2.75) is 23.5 Å². The van der Waals surface area contributed by atoms with Gasteiger partial charge in [-0.1, -0.05) is 35.9 Å². The summed E-state index contributed by atoms with van der Waals surface area (Å²) in [4.78, 5) is 12.4. The standard InChI is InChI=1S/C16H15ClO2S/c1-11-9-13(17)8-7-12(11)10-15(16(18)19)20-14-5-3-2-4-6-14/h2-9,15H,10H2,1H3,(H,18,19). The van der Waals surface area contributed by atoms with Gasteiger partial charge < -0.3 is 5.11 Å². The third-order valence-corrected chi connectivity index (χ3v) is 4.44. The molecule has 0 saturated carbocycles. The zero-order valence-electron chi connectivity index (χ0n) is 11.0. The fourth-order valence-corrected chi connectivity index (χ4v) is 3.16. The lowest BCUT2D eigenvalue weighted by molar-refractivity contribution is -0.136. The van der Waals surface area contributed by atoms with Crippen molar-refractivity contribution in [3.05, 3.63) is 64.7 Å². The van der Waals surface area contributed by atoms with Crippen LogP contribution in [0.4, 0.5) is 0 Å². The quantitative estimate of drug-likeness (QED) is 0.830. The van der Waals surface area contributed by atoms with E-state index < -0.39 is 11.2 Å². The molecule has 20 heavy (non-hydrogen) atoms. The molecule has 0 aromatic heterocycles. The molecule has 4 heteroatoms. The minimum atomic E-state index is -0.798. The lowest BCUT2D eigenvalue weighted by atomic mass is 10.0. The summed E-state index contributed by atoms with van der Waals surface area (Å²) in [5.41, 5.74) is 2.04. The van der Waals surface area contributed by atoms with E-state index in [1.807, 2.05) is 49.4 Å². The monoisotopic (exact) mass is 306 g/mol. The molecule has 0 heterocycles. The molecule has 2 nitrogen and oxygen atoms in total. The van der Waals surface area contributed by atoms with Crippen LogP contribution >= 0.6 is 23.4 Å². The first-order chi connectivity index (χ1) is 9.56. The highest BCUT2D eigenvalue weighted by molar-refractivity contribution is 8.00. The molecular weight excluding hydrogens is 292 g/mol. The van der Waals surface area contributed by atoms with Crippen LogP contribution in [0.3, 0.4) is 0 Å². The van der Waals surface area contributed by atoms with Gasteiger partial charge >= 0.3 is 5.97 Å². The maximum absolute atomic E-state index is 11.4. The average molecular weight is 307 g/mol. The van der Waals surface area contributed by atoms with E-state index in [-0.39, 0.29) is 0 Å². The molecule has 1 unspecified atom stereocenters. The predicted molar refractivity (Wildman–Crippen MR) is 83.6 cm³/mol. The fourth-order valence-electron chi connectivity index (χ4n) is 1.93. The van der Waals surface area contributed by atoms with E-state index in [2.05, 4.69) is 0 Å². The number of aliphatic carboxylic acids is 1. The second-order valence-corrected chi connectivity index (χ2v) is 6.25. The Hall–Kier alpha value is -1.45. The lowest BCUT2D eigenvalue weighted by Crippen LogP contribution is -2.19. The highest BCUT2D eigenvalue weighted by Gasteiger charge is 2.20. The number of benzene rings is 2. The van der Waals surface area contributed by atoms with E-state index >= 15 is 0 Å². The Kier molecular flexibility index (Phi) is 5.10. The van der Waals surface area contributed by atoms with E-state index in [1.54, 1.807) is 6.07 Å². The number of thioether (sulfide) groups is 1. The van der Waals surface area contributed by atoms with E-state index in [0.29, 0.717) is 11.4 Å². The predicted octanol–water partition coefficient (Wildman–Crippen LogP) is 4.44. The minimum absolute atomic E-state index is 0.484. The molecule has 2 rings (SSSR count). The average Bonchev–Trinajstić information content (AvgIpc) is 2.42. The van der Waals surface area contributed by atoms with Crippen molar-refractivity contribution in [2.24, 2.45) is 0 Å². The number of carboxylic acids is 1. The van der Waals surface area contributed by atoms with Crippen LogP contribution in [0.2, 0.25) is 5.02 Å². The minimum Gasteiger partial charge on any atom is -0.480 e. The highest BCUT2D eigenvalue weighted by Crippen LogP contribution is 2.27. The number of aryl methyl sites for hydroxylation is 1. The first-order valence-corrected chi connectivity index (χ1v) is 7.51. The largest absolute Gasteiger partial charge is 0.480 e. The molecule has 1 N–H and O–H groups in total. The fraction of sp³-hybridized carbons (Fsp3) is 0.188. The summed E-state index contributed by atoms with van der Waals surface area (Å²) in [6.07, 6.45) is 0.484. The van der Waals surface area contributed by atoms with E-state index in [0.717, 1.165) is 16.0 Å². The van der Waals surface area contributed by atoms with Crippen LogP contribution in [0.1, 0.15) is 11.1 Å². The second kappa shape index (κ2) is 6.82. The van der Waals surface area contributed by atoms with Gasteiger partial charge in [0.2, 0.25) is 0 Å². The zero-order valence-corrected chi connectivity index (χ0v) is 12.6. The molecule has 0 amide bonds. The van der Waals surface area contributed by atoms with Crippen molar-refractivity contribution in [3.63, 3.8) is 0 Å².